The molecule has 0 aliphatic carbocycles. The molecule has 3 unspecified atom stereocenters. The topological polar surface area (TPSA) is 64.6 Å². The lowest BCUT2D eigenvalue weighted by molar-refractivity contribution is -0.0492. The van der Waals surface area contributed by atoms with Gasteiger partial charge in [-0.05, 0) is 44.4 Å². The molecule has 7 nitrogen and oxygen atoms in total. The number of ether oxygens (including phenoxy) is 7. The summed E-state index contributed by atoms with van der Waals surface area (Å²) >= 11 is 0. The normalized spacial score (nSPS) is 14.4. The van der Waals surface area contributed by atoms with Crippen LogP contribution in [-0.4, -0.2) is 91.0 Å². The smallest absolute Gasteiger partial charge is 0.0780 e. The van der Waals surface area contributed by atoms with Crippen molar-refractivity contribution < 1.29 is 33.2 Å². The maximum atomic E-state index is 5.62. The maximum Gasteiger partial charge on any atom is 0.0780 e. The van der Waals surface area contributed by atoms with Crippen LogP contribution in [0.4, 0.5) is 0 Å². The molecule has 36 heavy (non-hydrogen) atoms. The lowest BCUT2D eigenvalue weighted by Gasteiger charge is -2.16. The summed E-state index contributed by atoms with van der Waals surface area (Å²) in [5, 5.41) is 0. The van der Waals surface area contributed by atoms with E-state index in [1.54, 1.807) is 0 Å². The Kier molecular flexibility index (Phi) is 27.7. The fourth-order valence-corrected chi connectivity index (χ4v) is 2.52. The van der Waals surface area contributed by atoms with E-state index in [4.69, 9.17) is 33.2 Å². The van der Waals surface area contributed by atoms with Crippen LogP contribution in [0.1, 0.15) is 76.2 Å². The SMILES string of the molecule is CC(C)COC(C)COCCOCC(C)OCC(C)C.CC(C)COCCOCC(C)OCC(C)C. The molecule has 0 aromatic heterocycles. The van der Waals surface area contributed by atoms with Crippen LogP contribution in [-0.2, 0) is 33.2 Å². The summed E-state index contributed by atoms with van der Waals surface area (Å²) in [4.78, 5) is 0. The zero-order valence-electron chi connectivity index (χ0n) is 25.7. The summed E-state index contributed by atoms with van der Waals surface area (Å²) in [6, 6.07) is 0. The Bertz CT molecular complexity index is 408. The van der Waals surface area contributed by atoms with Gasteiger partial charge in [-0.2, -0.15) is 0 Å². The highest BCUT2D eigenvalue weighted by Crippen LogP contribution is 2.01. The molecule has 0 amide bonds. The summed E-state index contributed by atoms with van der Waals surface area (Å²) in [6.45, 7) is 30.9. The molecule has 0 saturated carbocycles. The molecule has 220 valence electrons. The van der Waals surface area contributed by atoms with E-state index in [9.17, 15) is 0 Å². The van der Waals surface area contributed by atoms with Crippen molar-refractivity contribution in [3.05, 3.63) is 0 Å². The minimum atomic E-state index is 0.144. The molecule has 0 heterocycles. The van der Waals surface area contributed by atoms with E-state index in [0.29, 0.717) is 69.9 Å². The van der Waals surface area contributed by atoms with Crippen molar-refractivity contribution in [2.45, 2.75) is 94.5 Å². The summed E-state index contributed by atoms with van der Waals surface area (Å²) in [5.74, 6) is 2.30. The van der Waals surface area contributed by atoms with Gasteiger partial charge in [0.05, 0.1) is 64.6 Å². The highest BCUT2D eigenvalue weighted by molar-refractivity contribution is 4.52. The standard InChI is InChI=1S/C16H34O4.C13H28O3/c1-13(2)9-19-15(5)11-17-7-8-18-12-16(6)20-10-14(3)4;1-11(2)8-14-6-7-15-10-13(5)16-9-12(3)4/h13-16H,7-12H2,1-6H3;11-13H,6-10H2,1-5H3. The Hall–Kier alpha value is -0.280. The fourth-order valence-electron chi connectivity index (χ4n) is 2.52. The third-order valence-corrected chi connectivity index (χ3v) is 4.40. The fraction of sp³-hybridized carbons (Fsp3) is 1.00. The van der Waals surface area contributed by atoms with Gasteiger partial charge in [-0.3, -0.25) is 0 Å². The average molecular weight is 523 g/mol. The minimum Gasteiger partial charge on any atom is -0.379 e. The Labute approximate surface area is 224 Å². The van der Waals surface area contributed by atoms with Crippen molar-refractivity contribution >= 4 is 0 Å². The molecule has 7 heteroatoms. The molecule has 0 aromatic rings. The van der Waals surface area contributed by atoms with E-state index in [1.165, 1.54) is 0 Å². The van der Waals surface area contributed by atoms with Gasteiger partial charge < -0.3 is 33.2 Å². The molecule has 0 aliphatic heterocycles. The van der Waals surface area contributed by atoms with Crippen molar-refractivity contribution in [2.75, 3.05) is 72.7 Å². The number of hydrogen-bond acceptors (Lipinski definition) is 7. The molecule has 0 saturated heterocycles. The zero-order chi connectivity index (χ0) is 27.8. The first kappa shape index (κ1) is 37.9. The molecule has 0 N–H and O–H groups in total. The van der Waals surface area contributed by atoms with Gasteiger partial charge in [0.2, 0.25) is 0 Å². The van der Waals surface area contributed by atoms with Gasteiger partial charge in [-0.15, -0.1) is 0 Å². The molecule has 0 spiro atoms. The van der Waals surface area contributed by atoms with E-state index in [-0.39, 0.29) is 18.3 Å². The number of hydrogen-bond donors (Lipinski definition) is 0. The van der Waals surface area contributed by atoms with Gasteiger partial charge in [-0.25, -0.2) is 0 Å². The van der Waals surface area contributed by atoms with Crippen LogP contribution in [0.5, 0.6) is 0 Å². The first-order chi connectivity index (χ1) is 16.9. The van der Waals surface area contributed by atoms with Crippen LogP contribution in [0.15, 0.2) is 0 Å². The molecule has 0 bridgehead atoms. The first-order valence-electron chi connectivity index (χ1n) is 14.1. The van der Waals surface area contributed by atoms with E-state index in [2.05, 4.69) is 55.4 Å². The Morgan fingerprint density at radius 2 is 0.528 bits per heavy atom. The minimum absolute atomic E-state index is 0.144. The van der Waals surface area contributed by atoms with Crippen LogP contribution in [0.2, 0.25) is 0 Å². The Balaban J connectivity index is 0. The molecular weight excluding hydrogens is 460 g/mol. The van der Waals surface area contributed by atoms with Crippen molar-refractivity contribution in [1.29, 1.82) is 0 Å². The predicted octanol–water partition coefficient (Wildman–Crippen LogP) is 5.88. The molecule has 0 fully saturated rings. The van der Waals surface area contributed by atoms with Gasteiger partial charge in [0.15, 0.2) is 0 Å². The molecule has 0 rings (SSSR count). The first-order valence-corrected chi connectivity index (χ1v) is 14.1. The van der Waals surface area contributed by atoms with E-state index in [0.717, 1.165) is 26.4 Å². The van der Waals surface area contributed by atoms with Crippen LogP contribution >= 0.6 is 0 Å². The molecule has 3 atom stereocenters. The van der Waals surface area contributed by atoms with Gasteiger partial charge in [0.1, 0.15) is 0 Å². The van der Waals surface area contributed by atoms with Gasteiger partial charge in [0, 0.05) is 26.4 Å². The molecular formula is C29H62O7. The molecule has 0 aliphatic rings. The summed E-state index contributed by atoms with van der Waals surface area (Å²) < 4.78 is 38.7. The summed E-state index contributed by atoms with van der Waals surface area (Å²) in [7, 11) is 0. The summed E-state index contributed by atoms with van der Waals surface area (Å²) in [5.41, 5.74) is 0. The summed E-state index contributed by atoms with van der Waals surface area (Å²) in [6.07, 6.45) is 0.462. The van der Waals surface area contributed by atoms with Crippen LogP contribution in [0, 0.1) is 23.7 Å². The van der Waals surface area contributed by atoms with Gasteiger partial charge in [0.25, 0.3) is 0 Å². The van der Waals surface area contributed by atoms with Gasteiger partial charge >= 0.3 is 0 Å². The maximum absolute atomic E-state index is 5.62. The third kappa shape index (κ3) is 33.7. The van der Waals surface area contributed by atoms with Crippen molar-refractivity contribution in [3.8, 4) is 0 Å². The van der Waals surface area contributed by atoms with E-state index in [1.807, 2.05) is 20.8 Å². The number of rotatable bonds is 23. The van der Waals surface area contributed by atoms with Gasteiger partial charge in [-0.1, -0.05) is 55.4 Å². The van der Waals surface area contributed by atoms with Crippen LogP contribution in [0.3, 0.4) is 0 Å². The van der Waals surface area contributed by atoms with E-state index < -0.39 is 0 Å². The van der Waals surface area contributed by atoms with Crippen molar-refractivity contribution in [1.82, 2.24) is 0 Å². The Morgan fingerprint density at radius 1 is 0.306 bits per heavy atom. The second-order valence-electron chi connectivity index (χ2n) is 11.3. The van der Waals surface area contributed by atoms with Crippen molar-refractivity contribution in [3.63, 3.8) is 0 Å². The quantitative estimate of drug-likeness (QED) is 0.155. The van der Waals surface area contributed by atoms with E-state index >= 15 is 0 Å². The van der Waals surface area contributed by atoms with Crippen LogP contribution in [0.25, 0.3) is 0 Å². The second kappa shape index (κ2) is 26.3. The van der Waals surface area contributed by atoms with Crippen LogP contribution < -0.4 is 0 Å². The lowest BCUT2D eigenvalue weighted by Crippen LogP contribution is -2.22. The predicted molar refractivity (Wildman–Crippen MR) is 149 cm³/mol. The lowest BCUT2D eigenvalue weighted by atomic mass is 10.2. The molecule has 0 aromatic carbocycles. The third-order valence-electron chi connectivity index (χ3n) is 4.40. The zero-order valence-corrected chi connectivity index (χ0v) is 25.7. The highest BCUT2D eigenvalue weighted by Gasteiger charge is 2.06. The molecule has 0 radical (unpaired) electrons. The largest absolute Gasteiger partial charge is 0.379 e. The van der Waals surface area contributed by atoms with Crippen molar-refractivity contribution in [2.24, 2.45) is 23.7 Å². The average Bonchev–Trinajstić information content (AvgIpc) is 2.79. The second-order valence-corrected chi connectivity index (χ2v) is 11.3. The monoisotopic (exact) mass is 522 g/mol. The highest BCUT2D eigenvalue weighted by atomic mass is 16.6. The Morgan fingerprint density at radius 3 is 0.750 bits per heavy atom.